The fourth-order valence-corrected chi connectivity index (χ4v) is 5.06. The Kier molecular flexibility index (Phi) is 5.57. The first-order valence-electron chi connectivity index (χ1n) is 11.1. The lowest BCUT2D eigenvalue weighted by atomic mass is 10.0. The molecule has 2 heterocycles. The minimum absolute atomic E-state index is 0.0291. The summed E-state index contributed by atoms with van der Waals surface area (Å²) in [6, 6.07) is 20.9. The summed E-state index contributed by atoms with van der Waals surface area (Å²) < 4.78 is 3.47. The minimum atomic E-state index is -0.382. The van der Waals surface area contributed by atoms with Gasteiger partial charge in [-0.15, -0.1) is 10.2 Å². The summed E-state index contributed by atoms with van der Waals surface area (Å²) >= 11 is 1.35. The van der Waals surface area contributed by atoms with E-state index in [0.717, 1.165) is 22.4 Å². The van der Waals surface area contributed by atoms with Crippen LogP contribution in [0.1, 0.15) is 34.0 Å². The Labute approximate surface area is 201 Å². The summed E-state index contributed by atoms with van der Waals surface area (Å²) in [5.74, 6) is 0.452. The van der Waals surface area contributed by atoms with Crippen LogP contribution in [0.2, 0.25) is 0 Å². The van der Waals surface area contributed by atoms with E-state index in [4.69, 9.17) is 0 Å². The number of carbonyl (C=O) groups is 1. The Hall–Kier alpha value is -3.71. The van der Waals surface area contributed by atoms with Crippen molar-refractivity contribution in [3.63, 3.8) is 0 Å². The zero-order valence-electron chi connectivity index (χ0n) is 19.4. The molecule has 6 nitrogen and oxygen atoms in total. The van der Waals surface area contributed by atoms with Crippen LogP contribution in [-0.4, -0.2) is 30.2 Å². The Morgan fingerprint density at radius 3 is 2.38 bits per heavy atom. The number of nitrogens with zero attached hydrogens (tertiary/aromatic N) is 4. The molecule has 0 saturated carbocycles. The molecule has 0 fully saturated rings. The van der Waals surface area contributed by atoms with Crippen LogP contribution < -0.4 is 5.56 Å². The number of thioether (sulfide) groups is 1. The van der Waals surface area contributed by atoms with Crippen molar-refractivity contribution in [1.82, 2.24) is 19.2 Å². The molecular formula is C27H24N4O2S. The van der Waals surface area contributed by atoms with Crippen LogP contribution in [0.5, 0.6) is 0 Å². The van der Waals surface area contributed by atoms with E-state index >= 15 is 0 Å². The Balaban J connectivity index is 1.66. The molecule has 0 radical (unpaired) electrons. The van der Waals surface area contributed by atoms with Crippen LogP contribution >= 0.6 is 11.8 Å². The Bertz CT molecular complexity index is 1630. The number of Topliss-reactive ketones (excluding diaryl/α,β-unsaturated/α-hetero) is 1. The third kappa shape index (κ3) is 3.62. The molecule has 1 atom stereocenters. The van der Waals surface area contributed by atoms with Crippen molar-refractivity contribution < 1.29 is 4.79 Å². The van der Waals surface area contributed by atoms with Crippen LogP contribution in [0.15, 0.2) is 76.7 Å². The van der Waals surface area contributed by atoms with Crippen molar-refractivity contribution in [1.29, 1.82) is 0 Å². The monoisotopic (exact) mass is 468 g/mol. The molecule has 0 aliphatic rings. The van der Waals surface area contributed by atoms with Gasteiger partial charge in [-0.1, -0.05) is 54.2 Å². The fraction of sp³-hybridized carbons (Fsp3) is 0.185. The normalized spacial score (nSPS) is 12.4. The largest absolute Gasteiger partial charge is 0.293 e. The molecule has 3 aromatic carbocycles. The number of hydrogen-bond donors (Lipinski definition) is 0. The lowest BCUT2D eigenvalue weighted by Gasteiger charge is -2.14. The third-order valence-electron chi connectivity index (χ3n) is 6.19. The van der Waals surface area contributed by atoms with Gasteiger partial charge in [-0.05, 0) is 68.7 Å². The second-order valence-corrected chi connectivity index (χ2v) is 9.79. The summed E-state index contributed by atoms with van der Waals surface area (Å²) in [4.78, 5) is 26.7. The van der Waals surface area contributed by atoms with Crippen molar-refractivity contribution >= 4 is 34.2 Å². The predicted octanol–water partition coefficient (Wildman–Crippen LogP) is 5.32. The standard InChI is InChI=1S/C27H24N4O2S/c1-16-13-14-20(15-18(16)3)24(32)19(4)34-27-29-28-26-30(22-11-7-5-9-17(22)2)25(33)21-10-6-8-12-23(21)31(26)27/h5-15,19H,1-4H3. The summed E-state index contributed by atoms with van der Waals surface area (Å²) in [6.45, 7) is 7.88. The quantitative estimate of drug-likeness (QED) is 0.258. The molecule has 7 heteroatoms. The van der Waals surface area contributed by atoms with Crippen molar-refractivity contribution in [2.75, 3.05) is 0 Å². The van der Waals surface area contributed by atoms with Gasteiger partial charge in [0.25, 0.3) is 5.56 Å². The highest BCUT2D eigenvalue weighted by atomic mass is 32.2. The minimum Gasteiger partial charge on any atom is -0.293 e. The molecule has 0 amide bonds. The van der Waals surface area contributed by atoms with Gasteiger partial charge in [-0.3, -0.25) is 14.0 Å². The van der Waals surface area contributed by atoms with Crippen LogP contribution in [0.3, 0.4) is 0 Å². The molecule has 1 unspecified atom stereocenters. The molecule has 0 aliphatic carbocycles. The van der Waals surface area contributed by atoms with Crippen molar-refractivity contribution in [2.24, 2.45) is 0 Å². The molecule has 34 heavy (non-hydrogen) atoms. The number of ketones is 1. The number of benzene rings is 3. The van der Waals surface area contributed by atoms with Crippen LogP contribution in [0.4, 0.5) is 0 Å². The van der Waals surface area contributed by atoms with E-state index in [1.165, 1.54) is 11.8 Å². The summed E-state index contributed by atoms with van der Waals surface area (Å²) in [7, 11) is 0. The van der Waals surface area contributed by atoms with Crippen molar-refractivity contribution in [3.8, 4) is 5.69 Å². The van der Waals surface area contributed by atoms with E-state index in [-0.39, 0.29) is 16.6 Å². The maximum absolute atomic E-state index is 13.5. The average molecular weight is 469 g/mol. The van der Waals surface area contributed by atoms with E-state index < -0.39 is 0 Å². The van der Waals surface area contributed by atoms with Gasteiger partial charge in [0.15, 0.2) is 10.9 Å². The van der Waals surface area contributed by atoms with E-state index in [2.05, 4.69) is 10.2 Å². The first kappa shape index (κ1) is 22.1. The number of aromatic nitrogens is 4. The second kappa shape index (κ2) is 8.57. The maximum atomic E-state index is 13.5. The molecule has 0 aliphatic heterocycles. The summed E-state index contributed by atoms with van der Waals surface area (Å²) in [5.41, 5.74) is 5.19. The second-order valence-electron chi connectivity index (χ2n) is 8.49. The van der Waals surface area contributed by atoms with Gasteiger partial charge in [0.2, 0.25) is 5.78 Å². The van der Waals surface area contributed by atoms with Crippen LogP contribution in [0, 0.1) is 20.8 Å². The first-order chi connectivity index (χ1) is 16.4. The Morgan fingerprint density at radius 2 is 1.62 bits per heavy atom. The van der Waals surface area contributed by atoms with E-state index in [9.17, 15) is 9.59 Å². The smallest absolute Gasteiger partial charge is 0.267 e. The molecule has 0 spiro atoms. The molecule has 0 bridgehead atoms. The van der Waals surface area contributed by atoms with Crippen LogP contribution in [0.25, 0.3) is 22.4 Å². The van der Waals surface area contributed by atoms with Gasteiger partial charge in [-0.2, -0.15) is 0 Å². The highest BCUT2D eigenvalue weighted by Gasteiger charge is 2.23. The van der Waals surface area contributed by atoms with E-state index in [0.29, 0.717) is 27.4 Å². The molecule has 2 aromatic heterocycles. The molecule has 0 saturated heterocycles. The number of hydrogen-bond acceptors (Lipinski definition) is 5. The first-order valence-corrected chi connectivity index (χ1v) is 12.0. The van der Waals surface area contributed by atoms with Gasteiger partial charge < -0.3 is 0 Å². The Morgan fingerprint density at radius 1 is 0.882 bits per heavy atom. The molecule has 5 aromatic rings. The van der Waals surface area contributed by atoms with Gasteiger partial charge >= 0.3 is 0 Å². The number of carbonyl (C=O) groups excluding carboxylic acids is 1. The number of para-hydroxylation sites is 2. The zero-order chi connectivity index (χ0) is 24.0. The third-order valence-corrected chi connectivity index (χ3v) is 7.24. The van der Waals surface area contributed by atoms with Gasteiger partial charge in [0.1, 0.15) is 0 Å². The summed E-state index contributed by atoms with van der Waals surface area (Å²) in [5, 5.41) is 9.56. The maximum Gasteiger partial charge on any atom is 0.267 e. The summed E-state index contributed by atoms with van der Waals surface area (Å²) in [6.07, 6.45) is 0. The van der Waals surface area contributed by atoms with Crippen molar-refractivity contribution in [2.45, 2.75) is 38.1 Å². The van der Waals surface area contributed by atoms with Gasteiger partial charge in [-0.25, -0.2) is 4.57 Å². The van der Waals surface area contributed by atoms with E-state index in [1.807, 2.05) is 98.8 Å². The fourth-order valence-electron chi connectivity index (χ4n) is 4.13. The number of aryl methyl sites for hydroxylation is 3. The molecule has 5 rings (SSSR count). The topological polar surface area (TPSA) is 69.3 Å². The highest BCUT2D eigenvalue weighted by molar-refractivity contribution is 8.00. The lowest BCUT2D eigenvalue weighted by Crippen LogP contribution is -2.22. The lowest BCUT2D eigenvalue weighted by molar-refractivity contribution is 0.0993. The number of rotatable bonds is 5. The number of fused-ring (bicyclic) bond motifs is 3. The average Bonchev–Trinajstić information content (AvgIpc) is 3.25. The molecule has 0 N–H and O–H groups in total. The van der Waals surface area contributed by atoms with Crippen LogP contribution in [-0.2, 0) is 0 Å². The SMILES string of the molecule is Cc1ccc(C(=O)C(C)Sc2nnc3n(-c4ccccc4C)c(=O)c4ccccc4n23)cc1C. The predicted molar refractivity (Wildman–Crippen MR) is 136 cm³/mol. The molecule has 170 valence electrons. The van der Waals surface area contributed by atoms with Crippen molar-refractivity contribution in [3.05, 3.63) is 99.3 Å². The van der Waals surface area contributed by atoms with Gasteiger partial charge in [0.05, 0.1) is 21.8 Å². The molecular weight excluding hydrogens is 444 g/mol. The zero-order valence-corrected chi connectivity index (χ0v) is 20.3. The van der Waals surface area contributed by atoms with E-state index in [1.54, 1.807) is 4.57 Å². The highest BCUT2D eigenvalue weighted by Crippen LogP contribution is 2.28. The van der Waals surface area contributed by atoms with Gasteiger partial charge in [0, 0.05) is 5.56 Å².